The van der Waals surface area contributed by atoms with Crippen LogP contribution in [0.1, 0.15) is 32.6 Å². The van der Waals surface area contributed by atoms with Crippen molar-refractivity contribution in [3.05, 3.63) is 0 Å². The molecule has 0 bridgehead atoms. The van der Waals surface area contributed by atoms with Crippen molar-refractivity contribution >= 4 is 16.1 Å². The molecule has 0 aromatic carbocycles. The molecule has 0 aliphatic carbocycles. The van der Waals surface area contributed by atoms with E-state index in [1.807, 2.05) is 4.90 Å². The van der Waals surface area contributed by atoms with Crippen molar-refractivity contribution in [2.75, 3.05) is 52.5 Å². The topological polar surface area (TPSA) is 70.2 Å². The third-order valence-corrected chi connectivity index (χ3v) is 7.24. The van der Waals surface area contributed by atoms with E-state index in [1.54, 1.807) is 0 Å². The molecule has 132 valence electrons. The normalized spacial score (nSPS) is 31.2. The Balaban J connectivity index is 1.73. The van der Waals surface area contributed by atoms with E-state index in [9.17, 15) is 13.2 Å². The molecule has 0 aromatic rings. The fourth-order valence-corrected chi connectivity index (χ4v) is 5.66. The van der Waals surface area contributed by atoms with Gasteiger partial charge in [-0.3, -0.25) is 4.79 Å². The van der Waals surface area contributed by atoms with E-state index in [2.05, 4.69) is 6.92 Å². The summed E-state index contributed by atoms with van der Waals surface area (Å²) in [6, 6.07) is 0. The number of carbonyl (C=O) groups is 1. The zero-order valence-electron chi connectivity index (χ0n) is 13.9. The minimum atomic E-state index is -3.47. The van der Waals surface area contributed by atoms with Crippen molar-refractivity contribution in [2.24, 2.45) is 5.41 Å². The second kappa shape index (κ2) is 6.66. The summed E-state index contributed by atoms with van der Waals surface area (Å²) in [6.07, 6.45) is 3.37. The van der Waals surface area contributed by atoms with Crippen molar-refractivity contribution in [1.29, 1.82) is 0 Å². The summed E-state index contributed by atoms with van der Waals surface area (Å²) in [5.41, 5.74) is -0.493. The van der Waals surface area contributed by atoms with Crippen LogP contribution in [0.2, 0.25) is 0 Å². The first-order chi connectivity index (χ1) is 11.0. The Morgan fingerprint density at radius 2 is 1.83 bits per heavy atom. The SMILES string of the molecule is CCCN1CCC[C@]2(CCN(S(=O)(=O)N3CCOCC3)C2)C1=O. The van der Waals surface area contributed by atoms with Crippen molar-refractivity contribution in [3.8, 4) is 0 Å². The van der Waals surface area contributed by atoms with Gasteiger partial charge in [0.15, 0.2) is 0 Å². The second-order valence-corrected chi connectivity index (χ2v) is 8.71. The van der Waals surface area contributed by atoms with E-state index >= 15 is 0 Å². The maximum atomic E-state index is 12.9. The fraction of sp³-hybridized carbons (Fsp3) is 0.933. The van der Waals surface area contributed by atoms with E-state index in [1.165, 1.54) is 8.61 Å². The van der Waals surface area contributed by atoms with Gasteiger partial charge in [-0.05, 0) is 25.7 Å². The number of ether oxygens (including phenoxy) is 1. The highest BCUT2D eigenvalue weighted by molar-refractivity contribution is 7.86. The van der Waals surface area contributed by atoms with E-state index in [0.29, 0.717) is 45.8 Å². The van der Waals surface area contributed by atoms with Gasteiger partial charge < -0.3 is 9.64 Å². The largest absolute Gasteiger partial charge is 0.379 e. The van der Waals surface area contributed by atoms with E-state index < -0.39 is 15.6 Å². The van der Waals surface area contributed by atoms with Crippen molar-refractivity contribution in [2.45, 2.75) is 32.6 Å². The molecule has 0 N–H and O–H groups in total. The average Bonchev–Trinajstić information content (AvgIpc) is 2.99. The third kappa shape index (κ3) is 3.14. The number of morpholine rings is 1. The number of nitrogens with zero attached hydrogens (tertiary/aromatic N) is 3. The minimum Gasteiger partial charge on any atom is -0.379 e. The standard InChI is InChI=1S/C15H27N3O4S/c1-2-6-16-7-3-4-15(14(16)19)5-8-18(13-15)23(20,21)17-9-11-22-12-10-17/h2-13H2,1H3/t15-/m1/s1. The summed E-state index contributed by atoms with van der Waals surface area (Å²) < 4.78 is 33.9. The highest BCUT2D eigenvalue weighted by Gasteiger charge is 2.51. The van der Waals surface area contributed by atoms with Gasteiger partial charge in [-0.1, -0.05) is 6.92 Å². The number of likely N-dealkylation sites (tertiary alicyclic amines) is 1. The molecule has 3 rings (SSSR count). The van der Waals surface area contributed by atoms with Crippen LogP contribution in [0.5, 0.6) is 0 Å². The van der Waals surface area contributed by atoms with E-state index in [0.717, 1.165) is 32.4 Å². The lowest BCUT2D eigenvalue weighted by Crippen LogP contribution is -2.52. The Morgan fingerprint density at radius 3 is 2.52 bits per heavy atom. The van der Waals surface area contributed by atoms with Crippen LogP contribution in [0.3, 0.4) is 0 Å². The van der Waals surface area contributed by atoms with Gasteiger partial charge in [0.1, 0.15) is 0 Å². The van der Waals surface area contributed by atoms with Gasteiger partial charge in [0, 0.05) is 39.3 Å². The molecule has 23 heavy (non-hydrogen) atoms. The average molecular weight is 345 g/mol. The van der Waals surface area contributed by atoms with Gasteiger partial charge in [0.25, 0.3) is 10.2 Å². The van der Waals surface area contributed by atoms with Crippen molar-refractivity contribution in [1.82, 2.24) is 13.5 Å². The molecule has 1 spiro atoms. The van der Waals surface area contributed by atoms with Crippen LogP contribution in [0.15, 0.2) is 0 Å². The molecule has 7 nitrogen and oxygen atoms in total. The van der Waals surface area contributed by atoms with Crippen LogP contribution in [-0.4, -0.2) is 80.3 Å². The lowest BCUT2D eigenvalue weighted by atomic mass is 9.78. The second-order valence-electron chi connectivity index (χ2n) is 6.78. The first-order valence-electron chi connectivity index (χ1n) is 8.62. The zero-order valence-corrected chi connectivity index (χ0v) is 14.7. The number of piperidine rings is 1. The lowest BCUT2D eigenvalue weighted by molar-refractivity contribution is -0.145. The Hall–Kier alpha value is -0.700. The number of carbonyl (C=O) groups excluding carboxylic acids is 1. The zero-order chi connectivity index (χ0) is 16.5. The highest BCUT2D eigenvalue weighted by atomic mass is 32.2. The van der Waals surface area contributed by atoms with E-state index in [-0.39, 0.29) is 5.91 Å². The van der Waals surface area contributed by atoms with Gasteiger partial charge in [-0.2, -0.15) is 17.0 Å². The number of hydrogen-bond donors (Lipinski definition) is 0. The molecular formula is C15H27N3O4S. The van der Waals surface area contributed by atoms with Gasteiger partial charge in [0.05, 0.1) is 18.6 Å². The lowest BCUT2D eigenvalue weighted by Gasteiger charge is -2.39. The van der Waals surface area contributed by atoms with Gasteiger partial charge in [0.2, 0.25) is 5.91 Å². The minimum absolute atomic E-state index is 0.158. The molecule has 0 radical (unpaired) electrons. The number of amides is 1. The molecule has 3 aliphatic heterocycles. The van der Waals surface area contributed by atoms with Crippen LogP contribution < -0.4 is 0 Å². The molecule has 0 aromatic heterocycles. The summed E-state index contributed by atoms with van der Waals surface area (Å²) in [7, 11) is -3.47. The summed E-state index contributed by atoms with van der Waals surface area (Å²) in [6.45, 7) is 6.14. The third-order valence-electron chi connectivity index (χ3n) is 5.26. The Bertz CT molecular complexity index is 545. The Morgan fingerprint density at radius 1 is 1.09 bits per heavy atom. The fourth-order valence-electron chi connectivity index (χ4n) is 3.99. The molecule has 1 amide bonds. The van der Waals surface area contributed by atoms with E-state index in [4.69, 9.17) is 4.74 Å². The maximum Gasteiger partial charge on any atom is 0.282 e. The summed E-state index contributed by atoms with van der Waals surface area (Å²) in [4.78, 5) is 14.8. The van der Waals surface area contributed by atoms with Gasteiger partial charge in [-0.25, -0.2) is 0 Å². The predicted octanol–water partition coefficient (Wildman–Crippen LogP) is 0.288. The number of rotatable bonds is 4. The Kier molecular flexibility index (Phi) is 4.96. The predicted molar refractivity (Wildman–Crippen MR) is 86.0 cm³/mol. The molecule has 0 saturated carbocycles. The number of hydrogen-bond acceptors (Lipinski definition) is 4. The molecule has 1 atom stereocenters. The first kappa shape index (κ1) is 17.1. The van der Waals surface area contributed by atoms with Crippen LogP contribution >= 0.6 is 0 Å². The maximum absolute atomic E-state index is 12.9. The van der Waals surface area contributed by atoms with Crippen LogP contribution in [-0.2, 0) is 19.7 Å². The molecular weight excluding hydrogens is 318 g/mol. The smallest absolute Gasteiger partial charge is 0.282 e. The molecule has 3 heterocycles. The summed E-state index contributed by atoms with van der Waals surface area (Å²) in [5.74, 6) is 0.158. The highest BCUT2D eigenvalue weighted by Crippen LogP contribution is 2.41. The van der Waals surface area contributed by atoms with Gasteiger partial charge in [-0.15, -0.1) is 0 Å². The van der Waals surface area contributed by atoms with Crippen LogP contribution in [0.4, 0.5) is 0 Å². The van der Waals surface area contributed by atoms with Crippen LogP contribution in [0.25, 0.3) is 0 Å². The Labute approximate surface area is 138 Å². The van der Waals surface area contributed by atoms with Crippen molar-refractivity contribution in [3.63, 3.8) is 0 Å². The molecule has 3 fully saturated rings. The van der Waals surface area contributed by atoms with Crippen molar-refractivity contribution < 1.29 is 17.9 Å². The molecule has 3 aliphatic rings. The van der Waals surface area contributed by atoms with Crippen LogP contribution in [0, 0.1) is 5.41 Å². The molecule has 0 unspecified atom stereocenters. The summed E-state index contributed by atoms with van der Waals surface area (Å²) >= 11 is 0. The summed E-state index contributed by atoms with van der Waals surface area (Å²) in [5, 5.41) is 0. The molecule has 8 heteroatoms. The first-order valence-corrected chi connectivity index (χ1v) is 10.0. The van der Waals surface area contributed by atoms with Gasteiger partial charge >= 0.3 is 0 Å². The molecule has 3 saturated heterocycles. The monoisotopic (exact) mass is 345 g/mol. The quantitative estimate of drug-likeness (QED) is 0.734.